The summed E-state index contributed by atoms with van der Waals surface area (Å²) in [6.45, 7) is 3.70. The number of aliphatic hydroxyl groups excluding tert-OH is 1. The first-order chi connectivity index (χ1) is 9.38. The van der Waals surface area contributed by atoms with E-state index in [9.17, 15) is 14.7 Å². The second kappa shape index (κ2) is 6.60. The molecule has 0 aromatic heterocycles. The van der Waals surface area contributed by atoms with Crippen LogP contribution in [0.25, 0.3) is 0 Å². The summed E-state index contributed by atoms with van der Waals surface area (Å²) >= 11 is 0. The summed E-state index contributed by atoms with van der Waals surface area (Å²) in [4.78, 5) is 22.9. The predicted molar refractivity (Wildman–Crippen MR) is 70.2 cm³/mol. The Morgan fingerprint density at radius 2 is 1.45 bits per heavy atom. The number of ether oxygens (including phenoxy) is 3. The molecule has 0 radical (unpaired) electrons. The highest BCUT2D eigenvalue weighted by molar-refractivity contribution is 5.97. The predicted octanol–water partition coefficient (Wildman–Crippen LogP) is 1.80. The Bertz CT molecular complexity index is 539. The van der Waals surface area contributed by atoms with E-state index < -0.39 is 23.5 Å². The Balaban J connectivity index is 3.20. The average Bonchev–Trinajstić information content (AvgIpc) is 2.41. The van der Waals surface area contributed by atoms with E-state index in [-0.39, 0.29) is 0 Å². The first-order valence-electron chi connectivity index (χ1n) is 5.75. The first-order valence-corrected chi connectivity index (χ1v) is 5.75. The van der Waals surface area contributed by atoms with Crippen molar-refractivity contribution in [3.8, 4) is 5.75 Å². The maximum Gasteiger partial charge on any atom is 0.378 e. The largest absolute Gasteiger partial charge is 0.499 e. The Labute approximate surface area is 116 Å². The van der Waals surface area contributed by atoms with Gasteiger partial charge in [-0.05, 0) is 37.1 Å². The summed E-state index contributed by atoms with van der Waals surface area (Å²) in [5, 5.41) is 9.66. The molecule has 0 amide bonds. The zero-order valence-electron chi connectivity index (χ0n) is 11.7. The molecule has 20 heavy (non-hydrogen) atoms. The Kier molecular flexibility index (Phi) is 5.14. The third-order valence-corrected chi connectivity index (χ3v) is 2.38. The Morgan fingerprint density at radius 1 is 0.950 bits per heavy atom. The lowest BCUT2D eigenvalue weighted by Crippen LogP contribution is -2.18. The SMILES string of the molecule is COC(=O)/C(O)=C(/Oc1cc(C)cc(C)c1)C(=O)OC. The molecule has 0 atom stereocenters. The van der Waals surface area contributed by atoms with E-state index in [1.807, 2.05) is 19.9 Å². The van der Waals surface area contributed by atoms with Gasteiger partial charge in [0.05, 0.1) is 14.2 Å². The molecule has 0 saturated heterocycles. The van der Waals surface area contributed by atoms with Gasteiger partial charge in [-0.1, -0.05) is 6.07 Å². The molecule has 0 aliphatic carbocycles. The van der Waals surface area contributed by atoms with E-state index in [2.05, 4.69) is 9.47 Å². The fourth-order valence-electron chi connectivity index (χ4n) is 1.58. The minimum atomic E-state index is -1.09. The van der Waals surface area contributed by atoms with Crippen LogP contribution in [0.15, 0.2) is 29.7 Å². The summed E-state index contributed by atoms with van der Waals surface area (Å²) in [7, 11) is 2.18. The normalized spacial score (nSPS) is 11.4. The van der Waals surface area contributed by atoms with Gasteiger partial charge in [0.15, 0.2) is 0 Å². The lowest BCUT2D eigenvalue weighted by atomic mass is 10.1. The van der Waals surface area contributed by atoms with Crippen LogP contribution in [-0.4, -0.2) is 31.3 Å². The molecule has 1 aromatic rings. The fourth-order valence-corrected chi connectivity index (χ4v) is 1.58. The topological polar surface area (TPSA) is 82.1 Å². The molecular weight excluding hydrogens is 264 g/mol. The number of esters is 2. The first kappa shape index (κ1) is 15.6. The molecule has 6 nitrogen and oxygen atoms in total. The van der Waals surface area contributed by atoms with Crippen molar-refractivity contribution in [2.24, 2.45) is 0 Å². The summed E-state index contributed by atoms with van der Waals surface area (Å²) in [5.74, 6) is -3.33. The van der Waals surface area contributed by atoms with Crippen LogP contribution in [0.2, 0.25) is 0 Å². The van der Waals surface area contributed by atoms with Crippen molar-refractivity contribution in [2.45, 2.75) is 13.8 Å². The molecule has 0 spiro atoms. The maximum atomic E-state index is 11.6. The molecule has 0 fully saturated rings. The van der Waals surface area contributed by atoms with Crippen LogP contribution in [0.3, 0.4) is 0 Å². The van der Waals surface area contributed by atoms with Gasteiger partial charge >= 0.3 is 11.9 Å². The Hall–Kier alpha value is -2.50. The van der Waals surface area contributed by atoms with Crippen molar-refractivity contribution in [2.75, 3.05) is 14.2 Å². The fraction of sp³-hybridized carbons (Fsp3) is 0.286. The van der Waals surface area contributed by atoms with Gasteiger partial charge in [0.25, 0.3) is 11.5 Å². The number of carbonyl (C=O) groups excluding carboxylic acids is 2. The van der Waals surface area contributed by atoms with Crippen LogP contribution in [0.5, 0.6) is 5.75 Å². The van der Waals surface area contributed by atoms with Gasteiger partial charge < -0.3 is 19.3 Å². The number of methoxy groups -OCH3 is 2. The zero-order chi connectivity index (χ0) is 15.3. The molecule has 108 valence electrons. The second-order valence-corrected chi connectivity index (χ2v) is 4.09. The number of aryl methyl sites for hydroxylation is 2. The smallest absolute Gasteiger partial charge is 0.378 e. The zero-order valence-corrected chi connectivity index (χ0v) is 11.7. The van der Waals surface area contributed by atoms with Gasteiger partial charge in [0.1, 0.15) is 5.75 Å². The van der Waals surface area contributed by atoms with Crippen molar-refractivity contribution >= 4 is 11.9 Å². The highest BCUT2D eigenvalue weighted by Gasteiger charge is 2.25. The number of hydrogen-bond acceptors (Lipinski definition) is 6. The summed E-state index contributed by atoms with van der Waals surface area (Å²) in [5.41, 5.74) is 1.81. The minimum absolute atomic E-state index is 0.304. The molecule has 1 aromatic carbocycles. The van der Waals surface area contributed by atoms with Crippen molar-refractivity contribution < 1.29 is 28.9 Å². The van der Waals surface area contributed by atoms with Crippen molar-refractivity contribution in [3.63, 3.8) is 0 Å². The van der Waals surface area contributed by atoms with Gasteiger partial charge in [-0.3, -0.25) is 0 Å². The third-order valence-electron chi connectivity index (χ3n) is 2.38. The van der Waals surface area contributed by atoms with E-state index in [0.29, 0.717) is 5.75 Å². The van der Waals surface area contributed by atoms with Crippen LogP contribution < -0.4 is 4.74 Å². The van der Waals surface area contributed by atoms with Crippen LogP contribution in [0, 0.1) is 13.8 Å². The molecule has 1 N–H and O–H groups in total. The number of carbonyl (C=O) groups is 2. The highest BCUT2D eigenvalue weighted by atomic mass is 16.6. The van der Waals surface area contributed by atoms with Gasteiger partial charge in [-0.25, -0.2) is 9.59 Å². The molecule has 0 aliphatic heterocycles. The van der Waals surface area contributed by atoms with E-state index >= 15 is 0 Å². The number of hydrogen-bond donors (Lipinski definition) is 1. The molecule has 6 heteroatoms. The van der Waals surface area contributed by atoms with Gasteiger partial charge in [0.2, 0.25) is 0 Å². The van der Waals surface area contributed by atoms with Gasteiger partial charge in [-0.2, -0.15) is 0 Å². The lowest BCUT2D eigenvalue weighted by Gasteiger charge is -2.11. The molecule has 0 saturated carbocycles. The van der Waals surface area contributed by atoms with E-state index in [1.54, 1.807) is 12.1 Å². The number of rotatable bonds is 4. The quantitative estimate of drug-likeness (QED) is 0.514. The Morgan fingerprint density at radius 3 is 1.90 bits per heavy atom. The van der Waals surface area contributed by atoms with Gasteiger partial charge in [0, 0.05) is 0 Å². The monoisotopic (exact) mass is 280 g/mol. The standard InChI is InChI=1S/C14H16O6/c1-8-5-9(2)7-10(6-8)20-12(14(17)19-4)11(15)13(16)18-3/h5-7,15H,1-4H3/b12-11-. The summed E-state index contributed by atoms with van der Waals surface area (Å²) in [6.07, 6.45) is 0. The van der Waals surface area contributed by atoms with Gasteiger partial charge in [-0.15, -0.1) is 0 Å². The highest BCUT2D eigenvalue weighted by Crippen LogP contribution is 2.20. The number of benzene rings is 1. The molecule has 0 unspecified atom stereocenters. The van der Waals surface area contributed by atoms with E-state index in [4.69, 9.17) is 4.74 Å². The lowest BCUT2D eigenvalue weighted by molar-refractivity contribution is -0.143. The van der Waals surface area contributed by atoms with Crippen molar-refractivity contribution in [3.05, 3.63) is 40.8 Å². The molecule has 0 bridgehead atoms. The van der Waals surface area contributed by atoms with Crippen LogP contribution in [0.1, 0.15) is 11.1 Å². The third kappa shape index (κ3) is 3.74. The van der Waals surface area contributed by atoms with Crippen LogP contribution in [-0.2, 0) is 19.1 Å². The minimum Gasteiger partial charge on any atom is -0.499 e. The van der Waals surface area contributed by atoms with Crippen LogP contribution >= 0.6 is 0 Å². The molecule has 0 heterocycles. The molecular formula is C14H16O6. The van der Waals surface area contributed by atoms with Crippen molar-refractivity contribution in [1.29, 1.82) is 0 Å². The van der Waals surface area contributed by atoms with Crippen molar-refractivity contribution in [1.82, 2.24) is 0 Å². The van der Waals surface area contributed by atoms with Crippen LogP contribution in [0.4, 0.5) is 0 Å². The summed E-state index contributed by atoms with van der Waals surface area (Å²) in [6, 6.07) is 5.22. The van der Waals surface area contributed by atoms with E-state index in [0.717, 1.165) is 25.3 Å². The molecule has 1 rings (SSSR count). The second-order valence-electron chi connectivity index (χ2n) is 4.09. The maximum absolute atomic E-state index is 11.6. The van der Waals surface area contributed by atoms with E-state index in [1.165, 1.54) is 0 Å². The summed E-state index contributed by atoms with van der Waals surface area (Å²) < 4.78 is 14.1. The number of aliphatic hydroxyl groups is 1. The molecule has 0 aliphatic rings. The average molecular weight is 280 g/mol.